The van der Waals surface area contributed by atoms with E-state index in [2.05, 4.69) is 24.0 Å². The van der Waals surface area contributed by atoms with Crippen molar-refractivity contribution in [2.45, 2.75) is 57.7 Å². The van der Waals surface area contributed by atoms with E-state index in [4.69, 9.17) is 18.9 Å². The number of ether oxygens (including phenoxy) is 4. The standard InChI is InChI=1S/C23H34O4/c1-24-20-27-23(15-9-8-12-21-10-4-2-5-11-21)19-26-17-16-25-18-22-13-6-3-7-14-22/h3,6-7,13-14,21,23H,2,4-5,10-12,15-20H2,1H3/t23-/m0/s1. The van der Waals surface area contributed by atoms with Crippen molar-refractivity contribution >= 4 is 0 Å². The zero-order valence-electron chi connectivity index (χ0n) is 16.7. The predicted molar refractivity (Wildman–Crippen MR) is 107 cm³/mol. The molecule has 0 aromatic heterocycles. The minimum atomic E-state index is -0.0575. The van der Waals surface area contributed by atoms with Crippen LogP contribution in [0.4, 0.5) is 0 Å². The van der Waals surface area contributed by atoms with Crippen LogP contribution >= 0.6 is 0 Å². The summed E-state index contributed by atoms with van der Waals surface area (Å²) in [6.45, 7) is 2.51. The van der Waals surface area contributed by atoms with E-state index in [0.717, 1.165) is 12.3 Å². The van der Waals surface area contributed by atoms with E-state index >= 15 is 0 Å². The molecule has 0 unspecified atom stereocenters. The molecule has 0 N–H and O–H groups in total. The van der Waals surface area contributed by atoms with Crippen molar-refractivity contribution in [1.29, 1.82) is 0 Å². The average molecular weight is 375 g/mol. The number of hydrogen-bond donors (Lipinski definition) is 0. The summed E-state index contributed by atoms with van der Waals surface area (Å²) in [6.07, 6.45) is 8.44. The van der Waals surface area contributed by atoms with Crippen LogP contribution in [0.1, 0.15) is 50.5 Å². The fraction of sp³-hybridized carbons (Fsp3) is 0.652. The molecule has 4 nitrogen and oxygen atoms in total. The molecule has 1 atom stereocenters. The molecule has 0 aliphatic heterocycles. The van der Waals surface area contributed by atoms with Crippen LogP contribution in [-0.4, -0.2) is 39.8 Å². The van der Waals surface area contributed by atoms with Crippen molar-refractivity contribution in [3.8, 4) is 11.8 Å². The monoisotopic (exact) mass is 374 g/mol. The average Bonchev–Trinajstić information content (AvgIpc) is 2.72. The highest BCUT2D eigenvalue weighted by atomic mass is 16.7. The third-order valence-corrected chi connectivity index (χ3v) is 4.78. The fourth-order valence-electron chi connectivity index (χ4n) is 3.22. The van der Waals surface area contributed by atoms with Gasteiger partial charge in [0.15, 0.2) is 0 Å². The molecule has 27 heavy (non-hydrogen) atoms. The Bertz CT molecular complexity index is 528. The van der Waals surface area contributed by atoms with Crippen molar-refractivity contribution < 1.29 is 18.9 Å². The smallest absolute Gasteiger partial charge is 0.146 e. The van der Waals surface area contributed by atoms with Gasteiger partial charge < -0.3 is 18.9 Å². The van der Waals surface area contributed by atoms with Crippen molar-refractivity contribution in [3.05, 3.63) is 35.9 Å². The highest BCUT2D eigenvalue weighted by Gasteiger charge is 2.12. The van der Waals surface area contributed by atoms with E-state index in [9.17, 15) is 0 Å². The molecule has 0 amide bonds. The van der Waals surface area contributed by atoms with Crippen molar-refractivity contribution in [1.82, 2.24) is 0 Å². The van der Waals surface area contributed by atoms with Gasteiger partial charge in [-0.1, -0.05) is 49.6 Å². The Labute approximate surface area is 164 Å². The van der Waals surface area contributed by atoms with Gasteiger partial charge >= 0.3 is 0 Å². The maximum atomic E-state index is 5.70. The molecule has 2 rings (SSSR count). The van der Waals surface area contributed by atoms with Gasteiger partial charge in [0.05, 0.1) is 32.5 Å². The maximum Gasteiger partial charge on any atom is 0.146 e. The van der Waals surface area contributed by atoms with Gasteiger partial charge in [-0.3, -0.25) is 0 Å². The van der Waals surface area contributed by atoms with Crippen molar-refractivity contribution in [3.63, 3.8) is 0 Å². The molecule has 1 saturated carbocycles. The molecule has 0 heterocycles. The second-order valence-electron chi connectivity index (χ2n) is 7.07. The second kappa shape index (κ2) is 14.6. The third kappa shape index (κ3) is 10.5. The molecule has 0 bridgehead atoms. The van der Waals surface area contributed by atoms with E-state index in [1.165, 1.54) is 37.7 Å². The Morgan fingerprint density at radius 2 is 1.78 bits per heavy atom. The molecular weight excluding hydrogens is 340 g/mol. The quantitative estimate of drug-likeness (QED) is 0.305. The van der Waals surface area contributed by atoms with Crippen LogP contribution in [0, 0.1) is 17.8 Å². The molecule has 0 saturated heterocycles. The minimum absolute atomic E-state index is 0.0575. The highest BCUT2D eigenvalue weighted by Crippen LogP contribution is 2.25. The molecular formula is C23H34O4. The van der Waals surface area contributed by atoms with Crippen molar-refractivity contribution in [2.24, 2.45) is 5.92 Å². The Morgan fingerprint density at radius 1 is 1.00 bits per heavy atom. The van der Waals surface area contributed by atoms with Gasteiger partial charge in [-0.2, -0.15) is 0 Å². The first-order chi connectivity index (χ1) is 13.4. The highest BCUT2D eigenvalue weighted by molar-refractivity contribution is 5.13. The lowest BCUT2D eigenvalue weighted by molar-refractivity contribution is -0.0983. The molecule has 1 fully saturated rings. The molecule has 150 valence electrons. The lowest BCUT2D eigenvalue weighted by Crippen LogP contribution is -2.22. The summed E-state index contributed by atoms with van der Waals surface area (Å²) in [5.41, 5.74) is 1.17. The van der Waals surface area contributed by atoms with E-state index in [0.29, 0.717) is 32.8 Å². The van der Waals surface area contributed by atoms with E-state index < -0.39 is 0 Å². The van der Waals surface area contributed by atoms with E-state index in [1.54, 1.807) is 7.11 Å². The van der Waals surface area contributed by atoms with Gasteiger partial charge in [0.25, 0.3) is 0 Å². The number of benzene rings is 1. The first kappa shape index (κ1) is 21.9. The van der Waals surface area contributed by atoms with Crippen LogP contribution in [-0.2, 0) is 25.6 Å². The number of hydrogen-bond acceptors (Lipinski definition) is 4. The van der Waals surface area contributed by atoms with Gasteiger partial charge in [-0.25, -0.2) is 0 Å². The topological polar surface area (TPSA) is 36.9 Å². The van der Waals surface area contributed by atoms with Gasteiger partial charge in [0.1, 0.15) is 6.79 Å². The zero-order chi connectivity index (χ0) is 19.0. The van der Waals surface area contributed by atoms with Crippen LogP contribution in [0.5, 0.6) is 0 Å². The van der Waals surface area contributed by atoms with Crippen LogP contribution in [0.15, 0.2) is 30.3 Å². The zero-order valence-corrected chi connectivity index (χ0v) is 16.7. The van der Waals surface area contributed by atoms with Gasteiger partial charge in [0.2, 0.25) is 0 Å². The lowest BCUT2D eigenvalue weighted by atomic mass is 9.87. The summed E-state index contributed by atoms with van der Waals surface area (Å²) < 4.78 is 22.0. The largest absolute Gasteiger partial charge is 0.376 e. The van der Waals surface area contributed by atoms with Crippen LogP contribution in [0.25, 0.3) is 0 Å². The Balaban J connectivity index is 1.57. The van der Waals surface area contributed by atoms with Gasteiger partial charge in [-0.05, 0) is 24.3 Å². The maximum absolute atomic E-state index is 5.70. The van der Waals surface area contributed by atoms with Crippen LogP contribution < -0.4 is 0 Å². The Kier molecular flexibility index (Phi) is 11.9. The molecule has 1 aliphatic rings. The molecule has 0 radical (unpaired) electrons. The van der Waals surface area contributed by atoms with Crippen LogP contribution in [0.3, 0.4) is 0 Å². The Hall–Kier alpha value is -1.38. The molecule has 0 spiro atoms. The van der Waals surface area contributed by atoms with Gasteiger partial charge in [-0.15, -0.1) is 11.8 Å². The Morgan fingerprint density at radius 3 is 2.56 bits per heavy atom. The minimum Gasteiger partial charge on any atom is -0.376 e. The summed E-state index contributed by atoms with van der Waals surface area (Å²) in [5, 5.41) is 0. The number of methoxy groups -OCH3 is 1. The first-order valence-corrected chi connectivity index (χ1v) is 10.1. The van der Waals surface area contributed by atoms with E-state index in [-0.39, 0.29) is 12.9 Å². The lowest BCUT2D eigenvalue weighted by Gasteiger charge is -2.18. The second-order valence-corrected chi connectivity index (χ2v) is 7.07. The van der Waals surface area contributed by atoms with E-state index in [1.807, 2.05) is 18.2 Å². The number of rotatable bonds is 12. The molecule has 4 heteroatoms. The SMILES string of the molecule is COCO[C@@H](CC#CCC1CCCCC1)COCCOCc1ccccc1. The summed E-state index contributed by atoms with van der Waals surface area (Å²) >= 11 is 0. The fourth-order valence-corrected chi connectivity index (χ4v) is 3.22. The predicted octanol–water partition coefficient (Wildman–Crippen LogP) is 4.57. The summed E-state index contributed by atoms with van der Waals surface area (Å²) in [6, 6.07) is 10.2. The van der Waals surface area contributed by atoms with Gasteiger partial charge in [0, 0.05) is 20.0 Å². The summed E-state index contributed by atoms with van der Waals surface area (Å²) in [5.74, 6) is 7.41. The summed E-state index contributed by atoms with van der Waals surface area (Å²) in [7, 11) is 1.63. The molecule has 1 aromatic carbocycles. The molecule has 1 aromatic rings. The summed E-state index contributed by atoms with van der Waals surface area (Å²) in [4.78, 5) is 0. The third-order valence-electron chi connectivity index (χ3n) is 4.78. The van der Waals surface area contributed by atoms with Crippen molar-refractivity contribution in [2.75, 3.05) is 33.7 Å². The van der Waals surface area contributed by atoms with Crippen LogP contribution in [0.2, 0.25) is 0 Å². The normalized spacial score (nSPS) is 15.9. The molecule has 1 aliphatic carbocycles. The first-order valence-electron chi connectivity index (χ1n) is 10.1.